The first-order valence-corrected chi connectivity index (χ1v) is 10.1. The number of nitrogens with zero attached hydrogens (tertiary/aromatic N) is 4. The second-order valence-corrected chi connectivity index (χ2v) is 8.19. The third kappa shape index (κ3) is 4.05. The predicted octanol–water partition coefficient (Wildman–Crippen LogP) is 1.36. The van der Waals surface area contributed by atoms with Crippen molar-refractivity contribution < 1.29 is 18.1 Å². The highest BCUT2D eigenvalue weighted by molar-refractivity contribution is 7.90. The van der Waals surface area contributed by atoms with E-state index in [0.717, 1.165) is 12.3 Å². The van der Waals surface area contributed by atoms with Gasteiger partial charge in [0, 0.05) is 44.7 Å². The van der Waals surface area contributed by atoms with Crippen molar-refractivity contribution in [3.05, 3.63) is 58.4 Å². The summed E-state index contributed by atoms with van der Waals surface area (Å²) in [6.45, 7) is 1.58. The van der Waals surface area contributed by atoms with Crippen LogP contribution < -0.4 is 4.90 Å². The lowest BCUT2D eigenvalue weighted by molar-refractivity contribution is -0.384. The number of carbonyl (C=O) groups is 1. The largest absolute Gasteiger partial charge is 0.362 e. The van der Waals surface area contributed by atoms with Crippen LogP contribution in [0.5, 0.6) is 0 Å². The third-order valence-electron chi connectivity index (χ3n) is 4.36. The van der Waals surface area contributed by atoms with Crippen LogP contribution in [0.25, 0.3) is 0 Å². The first kappa shape index (κ1) is 18.8. The Labute approximate surface area is 156 Å². The SMILES string of the molecule is CS(=O)(=O)c1ccc(N2CCN(C(=O)c3ccccn3)CC2)c([N+](=O)[O-])c1. The van der Waals surface area contributed by atoms with Crippen LogP contribution in [-0.2, 0) is 9.84 Å². The van der Waals surface area contributed by atoms with Gasteiger partial charge in [0.15, 0.2) is 9.84 Å². The summed E-state index contributed by atoms with van der Waals surface area (Å²) in [5.74, 6) is -0.183. The molecule has 1 aromatic heterocycles. The molecule has 1 aliphatic heterocycles. The Bertz CT molecular complexity index is 970. The molecule has 1 amide bonds. The van der Waals surface area contributed by atoms with Crippen molar-refractivity contribution in [1.29, 1.82) is 0 Å². The van der Waals surface area contributed by atoms with E-state index in [4.69, 9.17) is 0 Å². The number of rotatable bonds is 4. The van der Waals surface area contributed by atoms with Crippen molar-refractivity contribution in [2.75, 3.05) is 37.3 Å². The number of benzene rings is 1. The van der Waals surface area contributed by atoms with Crippen molar-refractivity contribution >= 4 is 27.1 Å². The molecular weight excluding hydrogens is 372 g/mol. The molecule has 142 valence electrons. The molecule has 2 aromatic rings. The Kier molecular flexibility index (Phi) is 5.08. The van der Waals surface area contributed by atoms with Crippen LogP contribution in [0, 0.1) is 10.1 Å². The number of carbonyl (C=O) groups excluding carboxylic acids is 1. The van der Waals surface area contributed by atoms with Crippen molar-refractivity contribution in [2.45, 2.75) is 4.90 Å². The second-order valence-electron chi connectivity index (χ2n) is 6.17. The summed E-state index contributed by atoms with van der Waals surface area (Å²) in [5.41, 5.74) is 0.439. The second kappa shape index (κ2) is 7.31. The predicted molar refractivity (Wildman–Crippen MR) is 98.6 cm³/mol. The zero-order valence-corrected chi connectivity index (χ0v) is 15.4. The van der Waals surface area contributed by atoms with Gasteiger partial charge in [-0.25, -0.2) is 8.42 Å². The standard InChI is InChI=1S/C17H18N4O5S/c1-27(25,26)13-5-6-15(16(12-13)21(23)24)19-8-10-20(11-9-19)17(22)14-4-2-3-7-18-14/h2-7,12H,8-11H2,1H3. The summed E-state index contributed by atoms with van der Waals surface area (Å²) in [7, 11) is -3.54. The molecule has 0 aliphatic carbocycles. The topological polar surface area (TPSA) is 114 Å². The van der Waals surface area contributed by atoms with E-state index in [1.807, 2.05) is 0 Å². The molecule has 1 saturated heterocycles. The van der Waals surface area contributed by atoms with Gasteiger partial charge in [0.25, 0.3) is 11.6 Å². The summed E-state index contributed by atoms with van der Waals surface area (Å²) < 4.78 is 23.3. The number of hydrogen-bond acceptors (Lipinski definition) is 7. The molecule has 1 aromatic carbocycles. The number of sulfone groups is 1. The van der Waals surface area contributed by atoms with Gasteiger partial charge >= 0.3 is 0 Å². The first-order valence-electron chi connectivity index (χ1n) is 8.21. The number of hydrogen-bond donors (Lipinski definition) is 0. The van der Waals surface area contributed by atoms with Crippen LogP contribution in [-0.4, -0.2) is 61.6 Å². The Hall–Kier alpha value is -3.01. The molecule has 2 heterocycles. The van der Waals surface area contributed by atoms with E-state index in [0.29, 0.717) is 37.6 Å². The maximum atomic E-state index is 12.4. The van der Waals surface area contributed by atoms with E-state index < -0.39 is 14.8 Å². The van der Waals surface area contributed by atoms with E-state index >= 15 is 0 Å². The monoisotopic (exact) mass is 390 g/mol. The highest BCUT2D eigenvalue weighted by Gasteiger charge is 2.27. The van der Waals surface area contributed by atoms with Crippen LogP contribution in [0.4, 0.5) is 11.4 Å². The summed E-state index contributed by atoms with van der Waals surface area (Å²) in [4.78, 5) is 30.7. The number of amides is 1. The van der Waals surface area contributed by atoms with Gasteiger partial charge in [-0.05, 0) is 24.3 Å². The molecule has 27 heavy (non-hydrogen) atoms. The summed E-state index contributed by atoms with van der Waals surface area (Å²) in [6.07, 6.45) is 2.56. The molecule has 1 fully saturated rings. The van der Waals surface area contributed by atoms with Gasteiger partial charge in [-0.2, -0.15) is 0 Å². The average Bonchev–Trinajstić information content (AvgIpc) is 2.67. The zero-order valence-electron chi connectivity index (χ0n) is 14.6. The number of pyridine rings is 1. The van der Waals surface area contributed by atoms with Crippen LogP contribution in [0.2, 0.25) is 0 Å². The van der Waals surface area contributed by atoms with E-state index in [1.165, 1.54) is 12.1 Å². The van der Waals surface area contributed by atoms with Crippen molar-refractivity contribution in [2.24, 2.45) is 0 Å². The van der Waals surface area contributed by atoms with Crippen molar-refractivity contribution in [1.82, 2.24) is 9.88 Å². The number of nitro groups is 1. The van der Waals surface area contributed by atoms with E-state index in [1.54, 1.807) is 34.2 Å². The normalized spacial score (nSPS) is 14.9. The molecule has 0 saturated carbocycles. The van der Waals surface area contributed by atoms with Crippen molar-refractivity contribution in [3.8, 4) is 0 Å². The number of nitro benzene ring substituents is 1. The molecule has 1 aliphatic rings. The zero-order chi connectivity index (χ0) is 19.6. The lowest BCUT2D eigenvalue weighted by Gasteiger charge is -2.35. The Balaban J connectivity index is 1.78. The number of piperazine rings is 1. The Morgan fingerprint density at radius 1 is 1.15 bits per heavy atom. The number of anilines is 1. The summed E-state index contributed by atoms with van der Waals surface area (Å²) >= 11 is 0. The molecule has 0 unspecified atom stereocenters. The molecular formula is C17H18N4O5S. The molecule has 3 rings (SSSR count). The van der Waals surface area contributed by atoms with E-state index in [9.17, 15) is 23.3 Å². The molecule has 0 radical (unpaired) electrons. The minimum absolute atomic E-state index is 0.0954. The maximum Gasteiger partial charge on any atom is 0.293 e. The van der Waals surface area contributed by atoms with Crippen LogP contribution in [0.15, 0.2) is 47.5 Å². The molecule has 9 nitrogen and oxygen atoms in total. The van der Waals surface area contributed by atoms with Crippen molar-refractivity contribution in [3.63, 3.8) is 0 Å². The molecule has 0 N–H and O–H groups in total. The molecule has 0 bridgehead atoms. The van der Waals surface area contributed by atoms with E-state index in [2.05, 4.69) is 4.98 Å². The third-order valence-corrected chi connectivity index (χ3v) is 5.47. The van der Waals surface area contributed by atoms with Gasteiger partial charge in [0.2, 0.25) is 0 Å². The molecule has 10 heteroatoms. The van der Waals surface area contributed by atoms with Gasteiger partial charge in [-0.15, -0.1) is 0 Å². The van der Waals surface area contributed by atoms with Gasteiger partial charge in [0.05, 0.1) is 9.82 Å². The van der Waals surface area contributed by atoms with E-state index in [-0.39, 0.29) is 16.5 Å². The minimum atomic E-state index is -3.54. The summed E-state index contributed by atoms with van der Waals surface area (Å²) in [6, 6.07) is 9.00. The Morgan fingerprint density at radius 2 is 1.85 bits per heavy atom. The fourth-order valence-corrected chi connectivity index (χ4v) is 3.59. The van der Waals surface area contributed by atoms with Gasteiger partial charge in [-0.3, -0.25) is 19.9 Å². The molecule has 0 atom stereocenters. The smallest absolute Gasteiger partial charge is 0.293 e. The summed E-state index contributed by atoms with van der Waals surface area (Å²) in [5, 5.41) is 11.4. The maximum absolute atomic E-state index is 12.4. The average molecular weight is 390 g/mol. The lowest BCUT2D eigenvalue weighted by Crippen LogP contribution is -2.49. The highest BCUT2D eigenvalue weighted by atomic mass is 32.2. The van der Waals surface area contributed by atoms with Crippen LogP contribution in [0.1, 0.15) is 10.5 Å². The van der Waals surface area contributed by atoms with Gasteiger partial charge in [0.1, 0.15) is 11.4 Å². The Morgan fingerprint density at radius 3 is 2.41 bits per heavy atom. The highest BCUT2D eigenvalue weighted by Crippen LogP contribution is 2.31. The quantitative estimate of drug-likeness (QED) is 0.572. The first-order chi connectivity index (χ1) is 12.8. The van der Waals surface area contributed by atoms with Gasteiger partial charge in [-0.1, -0.05) is 6.07 Å². The lowest BCUT2D eigenvalue weighted by atomic mass is 10.2. The molecule has 0 spiro atoms. The van der Waals surface area contributed by atoms with Crippen LogP contribution in [0.3, 0.4) is 0 Å². The fraction of sp³-hybridized carbons (Fsp3) is 0.294. The van der Waals surface area contributed by atoms with Crippen LogP contribution >= 0.6 is 0 Å². The number of aromatic nitrogens is 1. The minimum Gasteiger partial charge on any atom is -0.362 e. The van der Waals surface area contributed by atoms with Gasteiger partial charge < -0.3 is 9.80 Å². The fourth-order valence-electron chi connectivity index (χ4n) is 2.95.